The average Bonchev–Trinajstić information content (AvgIpc) is 2.83. The Labute approximate surface area is 111 Å². The maximum absolute atomic E-state index is 13.2. The highest BCUT2D eigenvalue weighted by Gasteiger charge is 2.14. The van der Waals surface area contributed by atoms with E-state index in [2.05, 4.69) is 24.9 Å². The van der Waals surface area contributed by atoms with Crippen molar-refractivity contribution in [3.8, 4) is 5.88 Å². The molecule has 3 aromatic rings. The smallest absolute Gasteiger partial charge is 0.246 e. The summed E-state index contributed by atoms with van der Waals surface area (Å²) in [6, 6.07) is 3.24. The Morgan fingerprint density at radius 3 is 2.35 bits per heavy atom. The molecule has 3 rings (SSSR count). The molecule has 0 N–H and O–H groups in total. The zero-order chi connectivity index (χ0) is 14.1. The lowest BCUT2D eigenvalue weighted by Crippen LogP contribution is -2.01. The first-order valence-electron chi connectivity index (χ1n) is 5.64. The molecule has 0 bridgehead atoms. The van der Waals surface area contributed by atoms with Crippen LogP contribution in [0.25, 0.3) is 11.3 Å². The van der Waals surface area contributed by atoms with Gasteiger partial charge in [0.25, 0.3) is 0 Å². The minimum Gasteiger partial charge on any atom is -0.480 e. The van der Waals surface area contributed by atoms with Gasteiger partial charge in [-0.3, -0.25) is 0 Å². The number of hydrogen-bond donors (Lipinski definition) is 0. The fourth-order valence-corrected chi connectivity index (χ4v) is 1.84. The highest BCUT2D eigenvalue weighted by molar-refractivity contribution is 5.64. The molecule has 0 radical (unpaired) electrons. The van der Waals surface area contributed by atoms with Crippen LogP contribution in [-0.2, 0) is 6.42 Å². The molecule has 0 unspecified atom stereocenters. The Balaban J connectivity index is 2.04. The van der Waals surface area contributed by atoms with Crippen molar-refractivity contribution >= 4 is 11.3 Å². The first-order chi connectivity index (χ1) is 9.65. The zero-order valence-corrected chi connectivity index (χ0v) is 10.3. The van der Waals surface area contributed by atoms with Gasteiger partial charge in [0.05, 0.1) is 7.11 Å². The van der Waals surface area contributed by atoms with Gasteiger partial charge in [-0.1, -0.05) is 0 Å². The first kappa shape index (κ1) is 12.4. The van der Waals surface area contributed by atoms with Crippen LogP contribution in [0.1, 0.15) is 11.3 Å². The second-order valence-corrected chi connectivity index (χ2v) is 4.05. The monoisotopic (exact) mass is 278 g/mol. The Kier molecular flexibility index (Phi) is 2.97. The number of benzene rings is 1. The van der Waals surface area contributed by atoms with Gasteiger partial charge in [0.1, 0.15) is 17.3 Å². The van der Waals surface area contributed by atoms with Crippen molar-refractivity contribution in [1.29, 1.82) is 0 Å². The van der Waals surface area contributed by atoms with Crippen molar-refractivity contribution in [3.05, 3.63) is 41.1 Å². The van der Waals surface area contributed by atoms with E-state index in [9.17, 15) is 8.78 Å². The van der Waals surface area contributed by atoms with E-state index in [1.807, 2.05) is 0 Å². The van der Waals surface area contributed by atoms with Crippen LogP contribution >= 0.6 is 0 Å². The van der Waals surface area contributed by atoms with E-state index in [0.717, 1.165) is 6.07 Å². The van der Waals surface area contributed by atoms with Crippen molar-refractivity contribution in [3.63, 3.8) is 0 Å². The Hall–Kier alpha value is -2.64. The van der Waals surface area contributed by atoms with Crippen LogP contribution in [0.3, 0.4) is 0 Å². The maximum atomic E-state index is 13.2. The molecule has 2 heterocycles. The number of halogens is 2. The van der Waals surface area contributed by atoms with Crippen LogP contribution < -0.4 is 4.74 Å². The topological polar surface area (TPSA) is 73.9 Å². The van der Waals surface area contributed by atoms with E-state index < -0.39 is 11.6 Å². The fraction of sp³-hybridized carbons (Fsp3) is 0.167. The van der Waals surface area contributed by atoms with Crippen molar-refractivity contribution in [2.24, 2.45) is 0 Å². The van der Waals surface area contributed by atoms with Gasteiger partial charge in [-0.2, -0.15) is 4.98 Å². The van der Waals surface area contributed by atoms with E-state index in [1.165, 1.54) is 19.2 Å². The molecule has 0 amide bonds. The average molecular weight is 278 g/mol. The van der Waals surface area contributed by atoms with Crippen LogP contribution in [0.4, 0.5) is 8.78 Å². The quantitative estimate of drug-likeness (QED) is 0.728. The third-order valence-corrected chi connectivity index (χ3v) is 2.64. The number of fused-ring (bicyclic) bond motifs is 1. The number of nitrogens with zero attached hydrogens (tertiary/aromatic N) is 4. The van der Waals surface area contributed by atoms with Crippen molar-refractivity contribution in [1.82, 2.24) is 20.3 Å². The summed E-state index contributed by atoms with van der Waals surface area (Å²) in [6.45, 7) is 0. The maximum Gasteiger partial charge on any atom is 0.246 e. The van der Waals surface area contributed by atoms with E-state index in [1.54, 1.807) is 0 Å². The van der Waals surface area contributed by atoms with Gasteiger partial charge in [-0.25, -0.2) is 18.4 Å². The standard InChI is InChI=1S/C12H8F2N4O2/c1-19-12-9(15-10-11(16-12)18-20-17-10)4-6-2-7(13)5-8(14)3-6/h2-3,5H,4H2,1H3. The van der Waals surface area contributed by atoms with Crippen molar-refractivity contribution < 1.29 is 18.1 Å². The molecule has 102 valence electrons. The summed E-state index contributed by atoms with van der Waals surface area (Å²) in [5.41, 5.74) is 1.21. The van der Waals surface area contributed by atoms with Crippen LogP contribution in [0.2, 0.25) is 0 Å². The number of hydrogen-bond acceptors (Lipinski definition) is 6. The van der Waals surface area contributed by atoms with E-state index in [0.29, 0.717) is 11.3 Å². The molecule has 0 aliphatic carbocycles. The molecule has 0 fully saturated rings. The fourth-order valence-electron chi connectivity index (χ4n) is 1.84. The molecule has 20 heavy (non-hydrogen) atoms. The van der Waals surface area contributed by atoms with Crippen LogP contribution in [-0.4, -0.2) is 27.4 Å². The van der Waals surface area contributed by atoms with E-state index in [-0.39, 0.29) is 23.6 Å². The number of ether oxygens (including phenoxy) is 1. The van der Waals surface area contributed by atoms with Gasteiger partial charge in [-0.15, -0.1) is 0 Å². The van der Waals surface area contributed by atoms with E-state index >= 15 is 0 Å². The number of methoxy groups -OCH3 is 1. The summed E-state index contributed by atoms with van der Waals surface area (Å²) in [5, 5.41) is 7.11. The summed E-state index contributed by atoms with van der Waals surface area (Å²) in [4.78, 5) is 8.22. The van der Waals surface area contributed by atoms with Crippen LogP contribution in [0, 0.1) is 11.6 Å². The lowest BCUT2D eigenvalue weighted by Gasteiger charge is -2.06. The summed E-state index contributed by atoms with van der Waals surface area (Å²) in [7, 11) is 1.42. The summed E-state index contributed by atoms with van der Waals surface area (Å²) >= 11 is 0. The molecule has 0 atom stereocenters. The molecule has 0 saturated carbocycles. The van der Waals surface area contributed by atoms with Gasteiger partial charge < -0.3 is 4.74 Å². The van der Waals surface area contributed by atoms with Crippen molar-refractivity contribution in [2.45, 2.75) is 6.42 Å². The molecule has 0 aliphatic heterocycles. The van der Waals surface area contributed by atoms with Gasteiger partial charge in [0.15, 0.2) is 0 Å². The Bertz CT molecular complexity index is 755. The first-order valence-corrected chi connectivity index (χ1v) is 5.64. The van der Waals surface area contributed by atoms with Crippen molar-refractivity contribution in [2.75, 3.05) is 7.11 Å². The minimum atomic E-state index is -0.656. The highest BCUT2D eigenvalue weighted by atomic mass is 19.1. The lowest BCUT2D eigenvalue weighted by molar-refractivity contribution is 0.313. The molecular weight excluding hydrogens is 270 g/mol. The third kappa shape index (κ3) is 2.27. The van der Waals surface area contributed by atoms with Gasteiger partial charge >= 0.3 is 0 Å². The predicted octanol–water partition coefficient (Wildman–Crippen LogP) is 1.89. The predicted molar refractivity (Wildman–Crippen MR) is 63.1 cm³/mol. The molecule has 2 aromatic heterocycles. The Morgan fingerprint density at radius 1 is 1.05 bits per heavy atom. The summed E-state index contributed by atoms with van der Waals surface area (Å²) < 4.78 is 35.9. The summed E-state index contributed by atoms with van der Waals surface area (Å²) in [6.07, 6.45) is 0.146. The third-order valence-electron chi connectivity index (χ3n) is 2.64. The van der Waals surface area contributed by atoms with Crippen LogP contribution in [0.5, 0.6) is 5.88 Å². The van der Waals surface area contributed by atoms with E-state index in [4.69, 9.17) is 4.74 Å². The number of rotatable bonds is 3. The molecule has 0 aliphatic rings. The second kappa shape index (κ2) is 4.80. The Morgan fingerprint density at radius 2 is 1.70 bits per heavy atom. The SMILES string of the molecule is COc1nc2nonc2nc1Cc1cc(F)cc(F)c1. The molecule has 0 saturated heterocycles. The molecule has 8 heteroatoms. The second-order valence-electron chi connectivity index (χ2n) is 4.05. The summed E-state index contributed by atoms with van der Waals surface area (Å²) in [5.74, 6) is -1.11. The van der Waals surface area contributed by atoms with Gasteiger partial charge in [-0.05, 0) is 28.0 Å². The normalized spacial score (nSPS) is 10.9. The molecule has 6 nitrogen and oxygen atoms in total. The van der Waals surface area contributed by atoms with Gasteiger partial charge in [0, 0.05) is 12.5 Å². The number of aromatic nitrogens is 4. The largest absolute Gasteiger partial charge is 0.480 e. The zero-order valence-electron chi connectivity index (χ0n) is 10.3. The minimum absolute atomic E-state index is 0.146. The van der Waals surface area contributed by atoms with Crippen LogP contribution in [0.15, 0.2) is 22.8 Å². The van der Waals surface area contributed by atoms with Gasteiger partial charge in [0.2, 0.25) is 17.2 Å². The highest BCUT2D eigenvalue weighted by Crippen LogP contribution is 2.20. The molecule has 1 aromatic carbocycles. The molecular formula is C12H8F2N4O2. The molecule has 0 spiro atoms. The lowest BCUT2D eigenvalue weighted by atomic mass is 10.1.